The van der Waals surface area contributed by atoms with Gasteiger partial charge in [-0.05, 0) is 59.1 Å². The summed E-state index contributed by atoms with van der Waals surface area (Å²) >= 11 is 0. The summed E-state index contributed by atoms with van der Waals surface area (Å²) in [5.41, 5.74) is 4.66. The Hall–Kier alpha value is -4.70. The first-order chi connectivity index (χ1) is 17.8. The molecule has 0 radical (unpaired) electrons. The van der Waals surface area contributed by atoms with Crippen LogP contribution in [0.1, 0.15) is 5.76 Å². The lowest BCUT2D eigenvalue weighted by Crippen LogP contribution is -2.26. The zero-order chi connectivity index (χ0) is 23.6. The topological polar surface area (TPSA) is 44.7 Å². The molecule has 2 heterocycles. The van der Waals surface area contributed by atoms with E-state index in [1.807, 2.05) is 66.7 Å². The molecule has 5 aromatic rings. The Labute approximate surface area is 206 Å². The van der Waals surface area contributed by atoms with Crippen LogP contribution in [0, 0.1) is 0 Å². The van der Waals surface area contributed by atoms with E-state index in [0.29, 0.717) is 6.42 Å². The average Bonchev–Trinajstić information content (AvgIpc) is 2.91. The van der Waals surface area contributed by atoms with Crippen LogP contribution in [0.15, 0.2) is 106 Å². The summed E-state index contributed by atoms with van der Waals surface area (Å²) < 4.78 is 25.5. The minimum atomic E-state index is -0.104. The van der Waals surface area contributed by atoms with Crippen molar-refractivity contribution in [3.8, 4) is 28.4 Å². The lowest BCUT2D eigenvalue weighted by molar-refractivity contribution is 0.253. The Morgan fingerprint density at radius 3 is 2.17 bits per heavy atom. The van der Waals surface area contributed by atoms with Crippen LogP contribution >= 0.6 is 0 Å². The number of para-hydroxylation sites is 2. The van der Waals surface area contributed by atoms with Gasteiger partial charge < -0.3 is 18.3 Å². The lowest BCUT2D eigenvalue weighted by Gasteiger charge is -2.25. The molecule has 172 valence electrons. The van der Waals surface area contributed by atoms with Crippen molar-refractivity contribution in [2.24, 2.45) is 0 Å². The van der Waals surface area contributed by atoms with Crippen LogP contribution in [-0.4, -0.2) is 6.10 Å². The van der Waals surface area contributed by atoms with E-state index in [-0.39, 0.29) is 6.10 Å². The highest BCUT2D eigenvalue weighted by atomic mass is 16.5. The van der Waals surface area contributed by atoms with E-state index in [0.717, 1.165) is 72.3 Å². The SMILES string of the molecule is C1=c2ccc3oc4cc(Oc5ccccc5)cc5ccc6oc(c2c3-c6c54)CC1Oc1ccccc1. The Balaban J connectivity index is 1.33. The highest BCUT2D eigenvalue weighted by molar-refractivity contribution is 6.18. The van der Waals surface area contributed by atoms with E-state index in [9.17, 15) is 0 Å². The minimum Gasteiger partial charge on any atom is -0.486 e. The number of hydrogen-bond acceptors (Lipinski definition) is 4. The summed E-state index contributed by atoms with van der Waals surface area (Å²) in [5.74, 6) is 3.30. The first-order valence-corrected chi connectivity index (χ1v) is 12.1. The Bertz CT molecular complexity index is 1910. The van der Waals surface area contributed by atoms with Gasteiger partial charge >= 0.3 is 0 Å². The van der Waals surface area contributed by atoms with Crippen LogP contribution in [-0.2, 0) is 6.42 Å². The summed E-state index contributed by atoms with van der Waals surface area (Å²) in [7, 11) is 0. The molecule has 2 aliphatic heterocycles. The van der Waals surface area contributed by atoms with Gasteiger partial charge in [-0.3, -0.25) is 0 Å². The Morgan fingerprint density at radius 1 is 0.611 bits per heavy atom. The fourth-order valence-corrected chi connectivity index (χ4v) is 5.49. The molecule has 3 aliphatic rings. The molecule has 1 atom stereocenters. The van der Waals surface area contributed by atoms with Crippen LogP contribution in [0.5, 0.6) is 17.2 Å². The molecule has 1 unspecified atom stereocenters. The fourth-order valence-electron chi connectivity index (χ4n) is 5.49. The second-order valence-electron chi connectivity index (χ2n) is 9.24. The van der Waals surface area contributed by atoms with E-state index in [1.165, 1.54) is 0 Å². The van der Waals surface area contributed by atoms with Gasteiger partial charge in [0.05, 0.1) is 0 Å². The van der Waals surface area contributed by atoms with Crippen molar-refractivity contribution < 1.29 is 18.3 Å². The van der Waals surface area contributed by atoms with E-state index in [1.54, 1.807) is 0 Å². The predicted molar refractivity (Wildman–Crippen MR) is 141 cm³/mol. The predicted octanol–water partition coefficient (Wildman–Crippen LogP) is 7.73. The maximum atomic E-state index is 6.55. The molecule has 0 amide bonds. The molecule has 0 fully saturated rings. The molecule has 0 saturated heterocycles. The Morgan fingerprint density at radius 2 is 1.33 bits per heavy atom. The zero-order valence-corrected chi connectivity index (χ0v) is 19.2. The molecule has 0 bridgehead atoms. The van der Waals surface area contributed by atoms with Crippen LogP contribution in [0.4, 0.5) is 0 Å². The van der Waals surface area contributed by atoms with Gasteiger partial charge in [-0.15, -0.1) is 0 Å². The van der Waals surface area contributed by atoms with Crippen LogP contribution in [0.2, 0.25) is 0 Å². The van der Waals surface area contributed by atoms with E-state index < -0.39 is 0 Å². The number of ether oxygens (including phenoxy) is 2. The molecule has 36 heavy (non-hydrogen) atoms. The van der Waals surface area contributed by atoms with Crippen molar-refractivity contribution >= 4 is 39.0 Å². The molecule has 0 spiro atoms. The molecule has 5 aromatic carbocycles. The normalized spacial score (nSPS) is 15.1. The van der Waals surface area contributed by atoms with Crippen molar-refractivity contribution in [3.63, 3.8) is 0 Å². The third-order valence-corrected chi connectivity index (χ3v) is 6.96. The van der Waals surface area contributed by atoms with Crippen LogP contribution in [0.3, 0.4) is 0 Å². The van der Waals surface area contributed by atoms with Crippen LogP contribution in [0.25, 0.3) is 50.1 Å². The average molecular weight is 469 g/mol. The maximum Gasteiger partial charge on any atom is 0.139 e. The van der Waals surface area contributed by atoms with Gasteiger partial charge in [0, 0.05) is 34.4 Å². The summed E-state index contributed by atoms with van der Waals surface area (Å²) in [4.78, 5) is 0. The van der Waals surface area contributed by atoms with E-state index in [2.05, 4.69) is 36.4 Å². The zero-order valence-electron chi connectivity index (χ0n) is 19.2. The highest BCUT2D eigenvalue weighted by Gasteiger charge is 2.28. The monoisotopic (exact) mass is 468 g/mol. The smallest absolute Gasteiger partial charge is 0.139 e. The second kappa shape index (κ2) is 7.40. The van der Waals surface area contributed by atoms with Crippen molar-refractivity contribution in [3.05, 3.63) is 108 Å². The molecular weight excluding hydrogens is 448 g/mol. The summed E-state index contributed by atoms with van der Waals surface area (Å²) in [6, 6.07) is 32.0. The van der Waals surface area contributed by atoms with Gasteiger partial charge in [0.1, 0.15) is 45.9 Å². The fraction of sp³-hybridized carbons (Fsp3) is 0.0625. The van der Waals surface area contributed by atoms with Crippen LogP contribution < -0.4 is 14.7 Å². The summed E-state index contributed by atoms with van der Waals surface area (Å²) in [6.07, 6.45) is 2.74. The standard InChI is InChI=1S/C32H20O4/c1-3-7-21(8-4-1)33-23-15-19-11-13-26-31-29(19)27(17-23)35-25-14-12-20-16-24(34-22-9-5-2-6-10-22)18-28(36-26)30(20)32(25)31/h1-17,24H,18H2. The first-order valence-electron chi connectivity index (χ1n) is 12.1. The van der Waals surface area contributed by atoms with Gasteiger partial charge in [0.2, 0.25) is 0 Å². The van der Waals surface area contributed by atoms with E-state index in [4.69, 9.17) is 18.3 Å². The van der Waals surface area contributed by atoms with Gasteiger partial charge in [-0.1, -0.05) is 48.5 Å². The van der Waals surface area contributed by atoms with E-state index >= 15 is 0 Å². The maximum absolute atomic E-state index is 6.55. The van der Waals surface area contributed by atoms with Crippen molar-refractivity contribution in [1.29, 1.82) is 0 Å². The number of benzene rings is 5. The minimum absolute atomic E-state index is 0.104. The summed E-state index contributed by atoms with van der Waals surface area (Å²) in [5, 5.41) is 4.32. The van der Waals surface area contributed by atoms with Crippen molar-refractivity contribution in [2.45, 2.75) is 12.5 Å². The summed E-state index contributed by atoms with van der Waals surface area (Å²) in [6.45, 7) is 0. The largest absolute Gasteiger partial charge is 0.486 e. The van der Waals surface area contributed by atoms with Gasteiger partial charge in [-0.2, -0.15) is 0 Å². The molecular formula is C32H20O4. The molecule has 8 rings (SSSR count). The van der Waals surface area contributed by atoms with Gasteiger partial charge in [0.25, 0.3) is 0 Å². The molecule has 0 N–H and O–H groups in total. The molecule has 1 aliphatic carbocycles. The number of rotatable bonds is 4. The number of hydrogen-bond donors (Lipinski definition) is 0. The first kappa shape index (κ1) is 19.6. The van der Waals surface area contributed by atoms with Crippen molar-refractivity contribution in [1.82, 2.24) is 0 Å². The second-order valence-corrected chi connectivity index (χ2v) is 9.24. The van der Waals surface area contributed by atoms with Gasteiger partial charge in [-0.25, -0.2) is 0 Å². The molecule has 4 heteroatoms. The third kappa shape index (κ3) is 2.94. The lowest BCUT2D eigenvalue weighted by atomic mass is 9.88. The molecule has 0 aromatic heterocycles. The molecule has 0 saturated carbocycles. The van der Waals surface area contributed by atoms with Gasteiger partial charge in [0.15, 0.2) is 0 Å². The van der Waals surface area contributed by atoms with Crippen molar-refractivity contribution in [2.75, 3.05) is 0 Å². The Kier molecular flexibility index (Phi) is 4.03. The highest BCUT2D eigenvalue weighted by Crippen LogP contribution is 2.47. The third-order valence-electron chi connectivity index (χ3n) is 6.96. The molecule has 4 nitrogen and oxygen atoms in total. The quantitative estimate of drug-likeness (QED) is 0.196.